The zero-order valence-corrected chi connectivity index (χ0v) is 68.1. The maximum absolute atomic E-state index is 10.1. The van der Waals surface area contributed by atoms with Crippen LogP contribution in [-0.2, 0) is 16.2 Å². The van der Waals surface area contributed by atoms with Gasteiger partial charge in [-0.15, -0.1) is 0 Å². The first-order chi connectivity index (χ1) is 65.6. The Morgan fingerprint density at radius 2 is 0.612 bits per heavy atom. The Labute approximate surface area is 727 Å². The molecule has 0 saturated heterocycles. The number of nitrogens with zero attached hydrogens (tertiary/aromatic N) is 4. The van der Waals surface area contributed by atoms with Crippen molar-refractivity contribution in [3.05, 3.63) is 380 Å². The van der Waals surface area contributed by atoms with Crippen LogP contribution in [0, 0.1) is 0 Å². The van der Waals surface area contributed by atoms with Crippen LogP contribution in [0.2, 0.25) is 0 Å². The number of hydrogen-bond donors (Lipinski definition) is 0. The third-order valence-corrected chi connectivity index (χ3v) is 24.8. The Bertz CT molecular complexity index is 8250. The summed E-state index contributed by atoms with van der Waals surface area (Å²) in [4.78, 5) is 4.70. The van der Waals surface area contributed by atoms with E-state index in [-0.39, 0.29) is 55.0 Å². The minimum absolute atomic E-state index is 0.0793. The second-order valence-corrected chi connectivity index (χ2v) is 35.1. The molecule has 578 valence electrons. The van der Waals surface area contributed by atoms with Crippen LogP contribution in [0.3, 0.4) is 0 Å². The van der Waals surface area contributed by atoms with Crippen LogP contribution in [0.25, 0.3) is 166 Å². The van der Waals surface area contributed by atoms with Gasteiger partial charge in [-0.1, -0.05) is 329 Å². The van der Waals surface area contributed by atoms with Gasteiger partial charge >= 0.3 is 0 Å². The Morgan fingerprint density at radius 3 is 1.01 bits per heavy atom. The maximum atomic E-state index is 10.1. The molecule has 0 unspecified atom stereocenters. The van der Waals surface area contributed by atoms with Gasteiger partial charge in [-0.3, -0.25) is 0 Å². The van der Waals surface area contributed by atoms with Crippen molar-refractivity contribution in [2.24, 2.45) is 0 Å². The van der Waals surface area contributed by atoms with Gasteiger partial charge in [0.25, 0.3) is 6.71 Å². The number of aromatic nitrogens is 2. The quantitative estimate of drug-likeness (QED) is 0.128. The van der Waals surface area contributed by atoms with Gasteiger partial charge in [0.1, 0.15) is 22.3 Å². The van der Waals surface area contributed by atoms with Crippen LogP contribution >= 0.6 is 0 Å². The molecule has 0 bridgehead atoms. The van der Waals surface area contributed by atoms with Crippen LogP contribution in [0.5, 0.6) is 0 Å². The van der Waals surface area contributed by atoms with Gasteiger partial charge < -0.3 is 27.8 Å². The van der Waals surface area contributed by atoms with E-state index < -0.39 is 120 Å². The number of anilines is 6. The average molecular weight is 1570 g/mol. The van der Waals surface area contributed by atoms with E-state index in [0.29, 0.717) is 67.4 Å². The summed E-state index contributed by atoms with van der Waals surface area (Å²) in [6.07, 6.45) is 0. The SMILES string of the molecule is [2H]c1c([2H])c([2H])c2c(c1[2H])c1c([2H])c([2H])c([2H])c([2H])c1n2-c1ccc2c(c1)N(c1c(-c3cccc(C(C)(C)C)c3)cc(-c3ccccc3)cc1-c1cccc3c1oc1ccccc13)c1cc(C(C)(C)C)cc3c1B2c1ccc(-n2c4c([2H])c([2H])c([2H])c([2H])c4c4c([2H])c([2H])c([2H])c([2H])c42)cc1N3c1c(-c2cccc(C(C)(C)C)c2)cc(-c2ccccc2)cc1-c1cccc2c1oc1ccccc12. The zero-order chi connectivity index (χ0) is 95.4. The topological polar surface area (TPSA) is 42.6 Å². The molecule has 2 aliphatic heterocycles. The van der Waals surface area contributed by atoms with Crippen LogP contribution in [0.15, 0.2) is 372 Å². The van der Waals surface area contributed by atoms with Crippen LogP contribution in [-0.4, -0.2) is 15.8 Å². The summed E-state index contributed by atoms with van der Waals surface area (Å²) in [6, 6.07) is 83.4. The van der Waals surface area contributed by atoms with Gasteiger partial charge in [-0.25, -0.2) is 0 Å². The van der Waals surface area contributed by atoms with Gasteiger partial charge in [-0.05, 0) is 180 Å². The van der Waals surface area contributed by atoms with E-state index in [2.05, 4.69) is 230 Å². The molecular formula is C114H87BN4O2. The molecule has 0 radical (unpaired) electrons. The standard InChI is InChI=1S/C114H87BN4O2/c1-112(2,3)76-38-28-36-72(60-76)91-62-74(70-32-12-10-13-33-70)64-93(89-48-30-46-87-85-44-20-26-54-105(85)120-110(87)89)108(91)118-101-68-79(116-97-50-22-16-40-81(97)82-41-17-23-51-98(82)116)56-58-95(101)115-96-59-57-80(117-99-52-24-18-42-83(99)84-43-19-25-53-100(84)117)69-102(96)119(104-67-78(114(7,8)9)66-103(118)107(104)115)109-92(73-37-29-39-77(61-73)113(4,5)6)63-75(71-34-14-11-15-35-71)65-94(109)90-49-31-47-88-86-45-21-27-55-106(86)121-111(88)90/h10-69H,1-9H3/i16D,17D,18D,19D,22D,23D,24D,25D,40D,41D,42D,43D,50D,51D,52D,53D. The molecule has 121 heavy (non-hydrogen) atoms. The summed E-state index contributed by atoms with van der Waals surface area (Å²) in [5, 5.41) is 3.14. The van der Waals surface area contributed by atoms with Gasteiger partial charge in [0.05, 0.1) is 55.4 Å². The van der Waals surface area contributed by atoms with E-state index in [1.54, 1.807) is 9.13 Å². The summed E-state index contributed by atoms with van der Waals surface area (Å²) in [5.74, 6) is 0. The van der Waals surface area contributed by atoms with Crippen molar-refractivity contribution in [1.82, 2.24) is 9.13 Å². The Morgan fingerprint density at radius 1 is 0.264 bits per heavy atom. The molecule has 17 aromatic carbocycles. The first-order valence-electron chi connectivity index (χ1n) is 49.2. The van der Waals surface area contributed by atoms with E-state index >= 15 is 0 Å². The largest absolute Gasteiger partial charge is 0.455 e. The Balaban J connectivity index is 0.960. The summed E-state index contributed by atoms with van der Waals surface area (Å²) in [6.45, 7) is 18.9. The molecule has 0 N–H and O–H groups in total. The molecule has 2 aliphatic rings. The van der Waals surface area contributed by atoms with Crippen molar-refractivity contribution < 1.29 is 30.8 Å². The fraction of sp³-hybridized carbons (Fsp3) is 0.105. The van der Waals surface area contributed by atoms with E-state index in [0.717, 1.165) is 110 Å². The number of fused-ring (bicyclic) bond motifs is 16. The van der Waals surface area contributed by atoms with Crippen molar-refractivity contribution in [1.29, 1.82) is 0 Å². The van der Waals surface area contributed by atoms with Crippen molar-refractivity contribution in [2.75, 3.05) is 9.80 Å². The lowest BCUT2D eigenvalue weighted by Gasteiger charge is -2.46. The molecule has 6 nitrogen and oxygen atoms in total. The van der Waals surface area contributed by atoms with Gasteiger partial charge in [0.15, 0.2) is 0 Å². The third kappa shape index (κ3) is 11.4. The molecule has 7 heteroatoms. The highest BCUT2D eigenvalue weighted by Crippen LogP contribution is 2.58. The highest BCUT2D eigenvalue weighted by Gasteiger charge is 2.47. The predicted molar refractivity (Wildman–Crippen MR) is 512 cm³/mol. The minimum atomic E-state index is -0.882. The summed E-state index contributed by atoms with van der Waals surface area (Å²) < 4.78 is 173. The smallest absolute Gasteiger partial charge is 0.252 e. The number of para-hydroxylation sites is 8. The van der Waals surface area contributed by atoms with Crippen molar-refractivity contribution in [3.63, 3.8) is 0 Å². The second-order valence-electron chi connectivity index (χ2n) is 35.1. The summed E-state index contributed by atoms with van der Waals surface area (Å²) >= 11 is 0. The van der Waals surface area contributed by atoms with E-state index in [1.807, 2.05) is 109 Å². The van der Waals surface area contributed by atoms with Crippen molar-refractivity contribution >= 4 is 145 Å². The molecule has 6 heterocycles. The second kappa shape index (κ2) is 27.1. The summed E-state index contributed by atoms with van der Waals surface area (Å²) in [5.41, 5.74) is 19.9. The van der Waals surface area contributed by atoms with E-state index in [4.69, 9.17) is 8.83 Å². The first-order valence-corrected chi connectivity index (χ1v) is 41.2. The Hall–Kier alpha value is -14.4. The monoisotopic (exact) mass is 1570 g/mol. The highest BCUT2D eigenvalue weighted by molar-refractivity contribution is 7.00. The molecule has 0 atom stereocenters. The van der Waals surface area contributed by atoms with E-state index in [1.165, 1.54) is 0 Å². The molecule has 0 aliphatic carbocycles. The Kier molecular flexibility index (Phi) is 12.7. The van der Waals surface area contributed by atoms with Gasteiger partial charge in [-0.2, -0.15) is 0 Å². The molecule has 0 spiro atoms. The predicted octanol–water partition coefficient (Wildman–Crippen LogP) is 29.7. The lowest BCUT2D eigenvalue weighted by atomic mass is 9.33. The summed E-state index contributed by atoms with van der Waals surface area (Å²) in [7, 11) is 0. The van der Waals surface area contributed by atoms with Crippen molar-refractivity contribution in [2.45, 2.75) is 78.6 Å². The molecule has 21 aromatic rings. The molecule has 0 amide bonds. The highest BCUT2D eigenvalue weighted by atomic mass is 16.3. The minimum Gasteiger partial charge on any atom is -0.455 e. The number of rotatable bonds is 10. The lowest BCUT2D eigenvalue weighted by Crippen LogP contribution is -2.61. The first kappa shape index (κ1) is 56.9. The number of benzene rings is 17. The third-order valence-electron chi connectivity index (χ3n) is 24.8. The normalized spacial score (nSPS) is 14.8. The van der Waals surface area contributed by atoms with E-state index in [9.17, 15) is 21.9 Å². The lowest BCUT2D eigenvalue weighted by molar-refractivity contribution is 0.590. The molecule has 0 fully saturated rings. The molecule has 23 rings (SSSR count). The molecule has 0 saturated carbocycles. The van der Waals surface area contributed by atoms with Crippen LogP contribution < -0.4 is 26.2 Å². The fourth-order valence-corrected chi connectivity index (χ4v) is 18.9. The van der Waals surface area contributed by atoms with Gasteiger partial charge in [0.2, 0.25) is 0 Å². The molecular weight excluding hydrogens is 1470 g/mol. The van der Waals surface area contributed by atoms with Crippen LogP contribution in [0.4, 0.5) is 34.1 Å². The zero-order valence-electron chi connectivity index (χ0n) is 84.1. The van der Waals surface area contributed by atoms with Crippen molar-refractivity contribution in [3.8, 4) is 78.1 Å². The average Bonchev–Trinajstić information content (AvgIpc) is 1.41. The number of furan rings is 2. The number of hydrogen-bond acceptors (Lipinski definition) is 4. The van der Waals surface area contributed by atoms with Gasteiger partial charge in [0, 0.05) is 111 Å². The van der Waals surface area contributed by atoms with Crippen LogP contribution in [0.1, 0.15) is 101 Å². The fourth-order valence-electron chi connectivity index (χ4n) is 18.9. The molecule has 4 aromatic heterocycles. The maximum Gasteiger partial charge on any atom is 0.252 e.